The van der Waals surface area contributed by atoms with E-state index in [-0.39, 0.29) is 6.04 Å². The Bertz CT molecular complexity index is 296. The molecule has 1 aliphatic rings. The van der Waals surface area contributed by atoms with Crippen molar-refractivity contribution in [3.63, 3.8) is 0 Å². The highest BCUT2D eigenvalue weighted by atomic mass is 32.2. The first-order valence-corrected chi connectivity index (χ1v) is 7.09. The molecule has 0 radical (unpaired) electrons. The van der Waals surface area contributed by atoms with Gasteiger partial charge in [0, 0.05) is 37.2 Å². The van der Waals surface area contributed by atoms with Gasteiger partial charge in [0.15, 0.2) is 0 Å². The molecule has 0 unspecified atom stereocenters. The number of nitrogens with zero attached hydrogens (tertiary/aromatic N) is 1. The number of thioether (sulfide) groups is 1. The first-order chi connectivity index (χ1) is 7.84. The van der Waals surface area contributed by atoms with Gasteiger partial charge in [0.05, 0.1) is 0 Å². The van der Waals surface area contributed by atoms with Crippen molar-refractivity contribution < 1.29 is 0 Å². The molecule has 88 valence electrons. The number of hydrogen-bond acceptors (Lipinski definition) is 3. The Labute approximate surface area is 102 Å². The molecule has 0 aromatic heterocycles. The molecule has 1 aromatic carbocycles. The summed E-state index contributed by atoms with van der Waals surface area (Å²) in [7, 11) is 0. The predicted molar refractivity (Wildman–Crippen MR) is 71.9 cm³/mol. The highest BCUT2D eigenvalue weighted by molar-refractivity contribution is 7.99. The van der Waals surface area contributed by atoms with Crippen molar-refractivity contribution >= 4 is 11.8 Å². The molecule has 0 spiro atoms. The first-order valence-electron chi connectivity index (χ1n) is 5.94. The minimum Gasteiger partial charge on any atom is -0.326 e. The van der Waals surface area contributed by atoms with Gasteiger partial charge in [-0.25, -0.2) is 0 Å². The van der Waals surface area contributed by atoms with E-state index in [1.807, 2.05) is 11.8 Å². The minimum absolute atomic E-state index is 0.269. The average molecular weight is 236 g/mol. The molecule has 1 aliphatic heterocycles. The fraction of sp³-hybridized carbons (Fsp3) is 0.538. The number of nitrogens with two attached hydrogens (primary N) is 1. The molecule has 2 rings (SSSR count). The molecule has 0 amide bonds. The van der Waals surface area contributed by atoms with Crippen molar-refractivity contribution in [3.8, 4) is 0 Å². The number of hydrogen-bond donors (Lipinski definition) is 1. The number of benzene rings is 1. The van der Waals surface area contributed by atoms with Crippen LogP contribution >= 0.6 is 11.8 Å². The summed E-state index contributed by atoms with van der Waals surface area (Å²) in [6, 6.07) is 10.8. The van der Waals surface area contributed by atoms with Gasteiger partial charge in [-0.05, 0) is 12.0 Å². The second kappa shape index (κ2) is 6.28. The Balaban J connectivity index is 1.77. The molecule has 1 heterocycles. The van der Waals surface area contributed by atoms with Crippen LogP contribution in [-0.4, -0.2) is 42.1 Å². The lowest BCUT2D eigenvalue weighted by molar-refractivity contribution is 0.281. The fourth-order valence-electron chi connectivity index (χ4n) is 2.10. The molecular formula is C13H20N2S. The van der Waals surface area contributed by atoms with Gasteiger partial charge in [0.2, 0.25) is 0 Å². The fourth-order valence-corrected chi connectivity index (χ4v) is 3.08. The van der Waals surface area contributed by atoms with Crippen LogP contribution in [0.2, 0.25) is 0 Å². The Morgan fingerprint density at radius 1 is 1.19 bits per heavy atom. The van der Waals surface area contributed by atoms with E-state index in [9.17, 15) is 0 Å². The van der Waals surface area contributed by atoms with E-state index in [4.69, 9.17) is 5.73 Å². The Hall–Kier alpha value is -0.510. The average Bonchev–Trinajstić information content (AvgIpc) is 2.31. The smallest absolute Gasteiger partial charge is 0.0208 e. The zero-order valence-corrected chi connectivity index (χ0v) is 10.5. The summed E-state index contributed by atoms with van der Waals surface area (Å²) in [5.74, 6) is 2.52. The summed E-state index contributed by atoms with van der Waals surface area (Å²) in [4.78, 5) is 2.49. The Morgan fingerprint density at radius 3 is 2.56 bits per heavy atom. The molecule has 1 atom stereocenters. The predicted octanol–water partition coefficient (Wildman–Crippen LogP) is 1.61. The van der Waals surface area contributed by atoms with Crippen LogP contribution in [0, 0.1) is 0 Å². The third-order valence-electron chi connectivity index (χ3n) is 2.94. The van der Waals surface area contributed by atoms with Gasteiger partial charge in [-0.1, -0.05) is 30.3 Å². The Kier molecular flexibility index (Phi) is 4.69. The lowest BCUT2D eigenvalue weighted by atomic mass is 10.1. The van der Waals surface area contributed by atoms with Crippen molar-refractivity contribution in [2.45, 2.75) is 12.5 Å². The highest BCUT2D eigenvalue weighted by Gasteiger charge is 2.13. The lowest BCUT2D eigenvalue weighted by Crippen LogP contribution is -2.42. The third-order valence-corrected chi connectivity index (χ3v) is 3.88. The van der Waals surface area contributed by atoms with E-state index in [0.29, 0.717) is 0 Å². The monoisotopic (exact) mass is 236 g/mol. The van der Waals surface area contributed by atoms with E-state index in [0.717, 1.165) is 13.0 Å². The first kappa shape index (κ1) is 12.0. The number of rotatable bonds is 4. The minimum atomic E-state index is 0.269. The second-order valence-electron chi connectivity index (χ2n) is 4.36. The molecule has 16 heavy (non-hydrogen) atoms. The summed E-state index contributed by atoms with van der Waals surface area (Å²) < 4.78 is 0. The summed E-state index contributed by atoms with van der Waals surface area (Å²) in [6.45, 7) is 3.44. The SMILES string of the molecule is N[C@H](Cc1ccccc1)CN1CCSCC1. The molecule has 0 bridgehead atoms. The van der Waals surface area contributed by atoms with Crippen LogP contribution in [0.3, 0.4) is 0 Å². The molecule has 1 fully saturated rings. The molecular weight excluding hydrogens is 216 g/mol. The second-order valence-corrected chi connectivity index (χ2v) is 5.59. The zero-order valence-electron chi connectivity index (χ0n) is 9.64. The van der Waals surface area contributed by atoms with Crippen molar-refractivity contribution in [1.82, 2.24) is 4.90 Å². The van der Waals surface area contributed by atoms with Crippen LogP contribution < -0.4 is 5.73 Å². The van der Waals surface area contributed by atoms with E-state index >= 15 is 0 Å². The van der Waals surface area contributed by atoms with Crippen LogP contribution in [0.5, 0.6) is 0 Å². The maximum atomic E-state index is 6.19. The van der Waals surface area contributed by atoms with E-state index in [1.165, 1.54) is 30.2 Å². The van der Waals surface area contributed by atoms with E-state index in [1.54, 1.807) is 0 Å². The molecule has 2 nitrogen and oxygen atoms in total. The van der Waals surface area contributed by atoms with Crippen LogP contribution in [0.15, 0.2) is 30.3 Å². The van der Waals surface area contributed by atoms with Gasteiger partial charge in [0.1, 0.15) is 0 Å². The van der Waals surface area contributed by atoms with Gasteiger partial charge in [-0.3, -0.25) is 0 Å². The van der Waals surface area contributed by atoms with Crippen LogP contribution in [0.25, 0.3) is 0 Å². The summed E-state index contributed by atoms with van der Waals surface area (Å²) >= 11 is 2.05. The topological polar surface area (TPSA) is 29.3 Å². The van der Waals surface area contributed by atoms with Crippen LogP contribution in [0.1, 0.15) is 5.56 Å². The Morgan fingerprint density at radius 2 is 1.88 bits per heavy atom. The lowest BCUT2D eigenvalue weighted by Gasteiger charge is -2.28. The highest BCUT2D eigenvalue weighted by Crippen LogP contribution is 2.10. The third kappa shape index (κ3) is 3.81. The van der Waals surface area contributed by atoms with E-state index in [2.05, 4.69) is 35.2 Å². The molecule has 1 aromatic rings. The standard InChI is InChI=1S/C13H20N2S/c14-13(10-12-4-2-1-3-5-12)11-15-6-8-16-9-7-15/h1-5,13H,6-11,14H2/t13-/m1/s1. The van der Waals surface area contributed by atoms with Gasteiger partial charge < -0.3 is 10.6 Å². The quantitative estimate of drug-likeness (QED) is 0.861. The molecule has 2 N–H and O–H groups in total. The van der Waals surface area contributed by atoms with Gasteiger partial charge in [0.25, 0.3) is 0 Å². The van der Waals surface area contributed by atoms with Gasteiger partial charge in [-0.2, -0.15) is 11.8 Å². The van der Waals surface area contributed by atoms with Gasteiger partial charge in [-0.15, -0.1) is 0 Å². The van der Waals surface area contributed by atoms with Crippen molar-refractivity contribution in [1.29, 1.82) is 0 Å². The molecule has 0 aliphatic carbocycles. The summed E-state index contributed by atoms with van der Waals surface area (Å²) in [6.07, 6.45) is 0.991. The maximum Gasteiger partial charge on any atom is 0.0208 e. The zero-order chi connectivity index (χ0) is 11.2. The summed E-state index contributed by atoms with van der Waals surface area (Å²) in [5, 5.41) is 0. The van der Waals surface area contributed by atoms with Crippen LogP contribution in [-0.2, 0) is 6.42 Å². The molecule has 1 saturated heterocycles. The van der Waals surface area contributed by atoms with Crippen molar-refractivity contribution in [2.75, 3.05) is 31.1 Å². The molecule has 0 saturated carbocycles. The van der Waals surface area contributed by atoms with Crippen LogP contribution in [0.4, 0.5) is 0 Å². The van der Waals surface area contributed by atoms with Gasteiger partial charge >= 0.3 is 0 Å². The largest absolute Gasteiger partial charge is 0.326 e. The summed E-state index contributed by atoms with van der Waals surface area (Å²) in [5.41, 5.74) is 7.54. The maximum absolute atomic E-state index is 6.19. The van der Waals surface area contributed by atoms with Crippen molar-refractivity contribution in [2.24, 2.45) is 5.73 Å². The van der Waals surface area contributed by atoms with Crippen molar-refractivity contribution in [3.05, 3.63) is 35.9 Å². The molecule has 3 heteroatoms. The normalized spacial score (nSPS) is 19.6. The van der Waals surface area contributed by atoms with E-state index < -0.39 is 0 Å².